The number of carbonyl (C=O) groups excluding carboxylic acids is 3. The first kappa shape index (κ1) is 27.5. The fraction of sp³-hybridized carbons (Fsp3) is 0.207. The monoisotopic (exact) mass is 594 g/mol. The molecule has 0 spiro atoms. The summed E-state index contributed by atoms with van der Waals surface area (Å²) in [5, 5.41) is 2.55. The summed E-state index contributed by atoms with van der Waals surface area (Å²) in [6.07, 6.45) is 1.66. The Hall–Kier alpha value is -3.56. The number of hydrogen-bond donors (Lipinski definition) is 1. The number of carbonyl (C=O) groups is 3. The smallest absolute Gasteiger partial charge is 0.293 e. The quantitative estimate of drug-likeness (QED) is 0.277. The van der Waals surface area contributed by atoms with Crippen molar-refractivity contribution in [2.75, 3.05) is 18.5 Å². The number of halogens is 1. The lowest BCUT2D eigenvalue weighted by molar-refractivity contribution is -0.123. The molecule has 3 aromatic rings. The minimum absolute atomic E-state index is 0.185. The van der Waals surface area contributed by atoms with E-state index in [1.54, 1.807) is 24.3 Å². The molecular weight excluding hydrogens is 568 g/mol. The fourth-order valence-electron chi connectivity index (χ4n) is 3.80. The van der Waals surface area contributed by atoms with E-state index in [1.807, 2.05) is 63.2 Å². The van der Waals surface area contributed by atoms with Gasteiger partial charge >= 0.3 is 0 Å². The van der Waals surface area contributed by atoms with E-state index in [4.69, 9.17) is 9.47 Å². The van der Waals surface area contributed by atoms with Crippen LogP contribution in [-0.2, 0) is 16.1 Å². The number of anilines is 1. The summed E-state index contributed by atoms with van der Waals surface area (Å²) in [5.41, 5.74) is 4.35. The highest BCUT2D eigenvalue weighted by Crippen LogP contribution is 2.36. The minimum Gasteiger partial charge on any atom is -0.490 e. The second kappa shape index (κ2) is 12.3. The van der Waals surface area contributed by atoms with Gasteiger partial charge in [-0.25, -0.2) is 0 Å². The molecule has 9 heteroatoms. The summed E-state index contributed by atoms with van der Waals surface area (Å²) in [5.74, 6) is 0.205. The normalized spacial score (nSPS) is 14.2. The first-order valence-corrected chi connectivity index (χ1v) is 13.6. The van der Waals surface area contributed by atoms with Gasteiger partial charge in [0.1, 0.15) is 0 Å². The first-order chi connectivity index (χ1) is 18.3. The van der Waals surface area contributed by atoms with Crippen molar-refractivity contribution >= 4 is 56.5 Å². The van der Waals surface area contributed by atoms with Gasteiger partial charge in [0.2, 0.25) is 0 Å². The van der Waals surface area contributed by atoms with Crippen LogP contribution in [0.1, 0.15) is 29.2 Å². The highest BCUT2D eigenvalue weighted by atomic mass is 79.9. The maximum absolute atomic E-state index is 13.0. The van der Waals surface area contributed by atoms with Gasteiger partial charge in [0.15, 0.2) is 18.1 Å². The summed E-state index contributed by atoms with van der Waals surface area (Å²) in [6.45, 7) is 6.16. The molecule has 0 radical (unpaired) electrons. The highest BCUT2D eigenvalue weighted by Gasteiger charge is 2.35. The van der Waals surface area contributed by atoms with Crippen LogP contribution in [0.15, 0.2) is 70.0 Å². The molecule has 1 fully saturated rings. The van der Waals surface area contributed by atoms with Crippen LogP contribution in [0.2, 0.25) is 0 Å². The standard InChI is InChI=1S/C29H27BrN2O5S/c1-4-36-25-14-20(12-13-24(25)37-17-27(33)31-23-11-7-8-18(2)19(23)3)15-26-28(34)32(29(35)38-26)16-21-9-5-6-10-22(21)30/h5-15H,4,16-17H2,1-3H3,(H,31,33)/b26-15-. The van der Waals surface area contributed by atoms with Crippen LogP contribution in [0.4, 0.5) is 10.5 Å². The molecule has 3 aromatic carbocycles. The van der Waals surface area contributed by atoms with Crippen LogP contribution in [0.25, 0.3) is 6.08 Å². The van der Waals surface area contributed by atoms with Gasteiger partial charge in [-0.3, -0.25) is 19.3 Å². The Morgan fingerprint density at radius 2 is 1.82 bits per heavy atom. The molecule has 196 valence electrons. The Labute approximate surface area is 234 Å². The summed E-state index contributed by atoms with van der Waals surface area (Å²) in [7, 11) is 0. The topological polar surface area (TPSA) is 84.9 Å². The molecule has 38 heavy (non-hydrogen) atoms. The SMILES string of the molecule is CCOc1cc(/C=C2\SC(=O)N(Cc3ccccc3Br)C2=O)ccc1OCC(=O)Nc1cccc(C)c1C. The molecule has 0 aromatic heterocycles. The summed E-state index contributed by atoms with van der Waals surface area (Å²) in [6, 6.07) is 18.4. The third-order valence-electron chi connectivity index (χ3n) is 5.96. The van der Waals surface area contributed by atoms with Crippen LogP contribution in [-0.4, -0.2) is 35.2 Å². The average molecular weight is 596 g/mol. The third kappa shape index (κ3) is 6.46. The zero-order valence-electron chi connectivity index (χ0n) is 21.2. The largest absolute Gasteiger partial charge is 0.490 e. The van der Waals surface area contributed by atoms with E-state index in [1.165, 1.54) is 4.90 Å². The molecule has 7 nitrogen and oxygen atoms in total. The van der Waals surface area contributed by atoms with Crippen LogP contribution >= 0.6 is 27.7 Å². The van der Waals surface area contributed by atoms with Crippen LogP contribution in [0, 0.1) is 13.8 Å². The molecule has 0 atom stereocenters. The zero-order chi connectivity index (χ0) is 27.2. The number of nitrogens with one attached hydrogen (secondary N) is 1. The van der Waals surface area contributed by atoms with Crippen molar-refractivity contribution in [3.63, 3.8) is 0 Å². The predicted molar refractivity (Wildman–Crippen MR) is 153 cm³/mol. The van der Waals surface area contributed by atoms with Crippen molar-refractivity contribution in [1.82, 2.24) is 4.90 Å². The molecule has 1 heterocycles. The molecule has 3 amide bonds. The first-order valence-electron chi connectivity index (χ1n) is 12.0. The predicted octanol–water partition coefficient (Wildman–Crippen LogP) is 6.72. The van der Waals surface area contributed by atoms with Gasteiger partial charge in [0.05, 0.1) is 18.1 Å². The molecular formula is C29H27BrN2O5S. The molecule has 0 saturated carbocycles. The maximum atomic E-state index is 13.0. The van der Waals surface area contributed by atoms with Gasteiger partial charge in [0, 0.05) is 10.2 Å². The Balaban J connectivity index is 1.45. The second-order valence-corrected chi connectivity index (χ2v) is 10.4. The average Bonchev–Trinajstić information content (AvgIpc) is 3.15. The molecule has 0 aliphatic carbocycles. The molecule has 1 aliphatic heterocycles. The zero-order valence-corrected chi connectivity index (χ0v) is 23.6. The van der Waals surface area contributed by atoms with Gasteiger partial charge in [-0.1, -0.05) is 52.3 Å². The van der Waals surface area contributed by atoms with Crippen molar-refractivity contribution in [1.29, 1.82) is 0 Å². The molecule has 1 aliphatic rings. The van der Waals surface area contributed by atoms with Crippen LogP contribution < -0.4 is 14.8 Å². The highest BCUT2D eigenvalue weighted by molar-refractivity contribution is 9.10. The number of rotatable bonds is 9. The number of aryl methyl sites for hydroxylation is 1. The Bertz CT molecular complexity index is 1420. The molecule has 0 bridgehead atoms. The molecule has 4 rings (SSSR count). The number of thioether (sulfide) groups is 1. The lowest BCUT2D eigenvalue weighted by Crippen LogP contribution is -2.27. The number of nitrogens with zero attached hydrogens (tertiary/aromatic N) is 1. The van der Waals surface area contributed by atoms with Gasteiger partial charge in [-0.15, -0.1) is 0 Å². The van der Waals surface area contributed by atoms with Gasteiger partial charge in [-0.2, -0.15) is 0 Å². The van der Waals surface area contributed by atoms with E-state index in [0.717, 1.165) is 38.6 Å². The molecule has 1 N–H and O–H groups in total. The van der Waals surface area contributed by atoms with E-state index in [0.29, 0.717) is 28.6 Å². The third-order valence-corrected chi connectivity index (χ3v) is 7.64. The summed E-state index contributed by atoms with van der Waals surface area (Å²) < 4.78 is 12.3. The van der Waals surface area contributed by atoms with E-state index in [-0.39, 0.29) is 30.2 Å². The maximum Gasteiger partial charge on any atom is 0.293 e. The van der Waals surface area contributed by atoms with Crippen molar-refractivity contribution in [2.24, 2.45) is 0 Å². The summed E-state index contributed by atoms with van der Waals surface area (Å²) >= 11 is 4.36. The van der Waals surface area contributed by atoms with E-state index < -0.39 is 0 Å². The lowest BCUT2D eigenvalue weighted by atomic mass is 10.1. The van der Waals surface area contributed by atoms with Crippen molar-refractivity contribution in [3.05, 3.63) is 92.3 Å². The van der Waals surface area contributed by atoms with E-state index in [9.17, 15) is 14.4 Å². The van der Waals surface area contributed by atoms with E-state index >= 15 is 0 Å². The van der Waals surface area contributed by atoms with E-state index in [2.05, 4.69) is 21.2 Å². The second-order valence-electron chi connectivity index (χ2n) is 8.58. The van der Waals surface area contributed by atoms with Crippen molar-refractivity contribution in [3.8, 4) is 11.5 Å². The number of ether oxygens (including phenoxy) is 2. The number of amides is 3. The molecule has 1 saturated heterocycles. The number of benzene rings is 3. The Morgan fingerprint density at radius 3 is 2.58 bits per heavy atom. The van der Waals surface area contributed by atoms with Crippen LogP contribution in [0.3, 0.4) is 0 Å². The number of hydrogen-bond acceptors (Lipinski definition) is 6. The van der Waals surface area contributed by atoms with Gasteiger partial charge < -0.3 is 14.8 Å². The molecule has 0 unspecified atom stereocenters. The minimum atomic E-state index is -0.350. The lowest BCUT2D eigenvalue weighted by Gasteiger charge is -2.14. The fourth-order valence-corrected chi connectivity index (χ4v) is 5.05. The Kier molecular flexibility index (Phi) is 8.91. The number of imide groups is 1. The van der Waals surface area contributed by atoms with Gasteiger partial charge in [-0.05, 0) is 85.1 Å². The van der Waals surface area contributed by atoms with Gasteiger partial charge in [0.25, 0.3) is 17.1 Å². The van der Waals surface area contributed by atoms with Crippen LogP contribution in [0.5, 0.6) is 11.5 Å². The summed E-state index contributed by atoms with van der Waals surface area (Å²) in [4.78, 5) is 39.6. The van der Waals surface area contributed by atoms with Crippen molar-refractivity contribution in [2.45, 2.75) is 27.3 Å². The Morgan fingerprint density at radius 1 is 1.03 bits per heavy atom. The van der Waals surface area contributed by atoms with Crippen molar-refractivity contribution < 1.29 is 23.9 Å².